The molecule has 1 fully saturated rings. The summed E-state index contributed by atoms with van der Waals surface area (Å²) >= 11 is 3.11. The van der Waals surface area contributed by atoms with E-state index in [9.17, 15) is 14.0 Å². The zero-order valence-electron chi connectivity index (χ0n) is 13.7. The lowest BCUT2D eigenvalue weighted by Crippen LogP contribution is -2.47. The molecule has 1 atom stereocenters. The molecule has 0 radical (unpaired) electrons. The normalized spacial score (nSPS) is 16.9. The molecule has 25 heavy (non-hydrogen) atoms. The number of carbonyl (C=O) groups excluding carboxylic acids is 2. The molecule has 1 aliphatic rings. The molecule has 1 N–H and O–H groups in total. The fourth-order valence-corrected chi connectivity index (χ4v) is 4.40. The van der Waals surface area contributed by atoms with Crippen LogP contribution in [0.4, 0.5) is 4.39 Å². The summed E-state index contributed by atoms with van der Waals surface area (Å²) in [6.45, 7) is 2.39. The summed E-state index contributed by atoms with van der Waals surface area (Å²) in [5.41, 5.74) is 1.21. The third-order valence-electron chi connectivity index (χ3n) is 3.88. The minimum absolute atomic E-state index is 0.188. The van der Waals surface area contributed by atoms with Gasteiger partial charge in [-0.2, -0.15) is 0 Å². The summed E-state index contributed by atoms with van der Waals surface area (Å²) in [6.07, 6.45) is 0.873. The van der Waals surface area contributed by atoms with Gasteiger partial charge >= 0.3 is 0 Å². The van der Waals surface area contributed by atoms with E-state index in [1.807, 2.05) is 12.3 Å². The topological polar surface area (TPSA) is 62.3 Å². The van der Waals surface area contributed by atoms with E-state index in [0.29, 0.717) is 23.7 Å². The Morgan fingerprint density at radius 3 is 2.80 bits per heavy atom. The van der Waals surface area contributed by atoms with E-state index in [0.717, 1.165) is 17.1 Å². The standard InChI is InChI=1S/C17H18FN3O2S2/c1-2-15-20-13(8-25-15)7-19-16(22)14-9-24-10-21(14)17(23)11-3-5-12(18)6-4-11/h3-6,8,14H,2,7,9-10H2,1H3,(H,19,22)/t14-/m0/s1. The number of benzene rings is 1. The fraction of sp³-hybridized carbons (Fsp3) is 0.353. The van der Waals surface area contributed by atoms with Crippen molar-refractivity contribution in [1.29, 1.82) is 0 Å². The van der Waals surface area contributed by atoms with Crippen LogP contribution >= 0.6 is 23.1 Å². The number of nitrogens with zero attached hydrogens (tertiary/aromatic N) is 2. The zero-order chi connectivity index (χ0) is 17.8. The number of thioether (sulfide) groups is 1. The summed E-state index contributed by atoms with van der Waals surface area (Å²) in [4.78, 5) is 31.0. The highest BCUT2D eigenvalue weighted by Crippen LogP contribution is 2.23. The third-order valence-corrected chi connectivity index (χ3v) is 5.94. The van der Waals surface area contributed by atoms with Gasteiger partial charge in [0.15, 0.2) is 0 Å². The first-order chi connectivity index (χ1) is 12.1. The Morgan fingerprint density at radius 1 is 1.36 bits per heavy atom. The summed E-state index contributed by atoms with van der Waals surface area (Å²) in [5, 5.41) is 5.83. The van der Waals surface area contributed by atoms with E-state index in [1.165, 1.54) is 40.9 Å². The Bertz CT molecular complexity index is 764. The molecule has 1 aromatic heterocycles. The van der Waals surface area contributed by atoms with Crippen molar-refractivity contribution in [1.82, 2.24) is 15.2 Å². The van der Waals surface area contributed by atoms with Crippen LogP contribution in [0.25, 0.3) is 0 Å². The molecule has 2 aromatic rings. The molecule has 8 heteroatoms. The van der Waals surface area contributed by atoms with Gasteiger partial charge in [-0.25, -0.2) is 9.37 Å². The van der Waals surface area contributed by atoms with Gasteiger partial charge in [0.2, 0.25) is 5.91 Å². The van der Waals surface area contributed by atoms with Crippen molar-refractivity contribution in [3.8, 4) is 0 Å². The van der Waals surface area contributed by atoms with Gasteiger partial charge in [0.05, 0.1) is 23.1 Å². The Morgan fingerprint density at radius 2 is 2.12 bits per heavy atom. The molecule has 2 amide bonds. The Hall–Kier alpha value is -1.93. The second-order valence-electron chi connectivity index (χ2n) is 5.60. The minimum atomic E-state index is -0.521. The molecule has 1 aromatic carbocycles. The smallest absolute Gasteiger partial charge is 0.255 e. The number of thiazole rings is 1. The van der Waals surface area contributed by atoms with Crippen LogP contribution in [-0.4, -0.2) is 39.4 Å². The second kappa shape index (κ2) is 7.97. The highest BCUT2D eigenvalue weighted by Gasteiger charge is 2.35. The van der Waals surface area contributed by atoms with Gasteiger partial charge in [-0.05, 0) is 30.7 Å². The average molecular weight is 379 g/mol. The van der Waals surface area contributed by atoms with E-state index in [1.54, 1.807) is 11.3 Å². The van der Waals surface area contributed by atoms with E-state index in [-0.39, 0.29) is 11.8 Å². The minimum Gasteiger partial charge on any atom is -0.349 e. The number of amides is 2. The highest BCUT2D eigenvalue weighted by atomic mass is 32.2. The summed E-state index contributed by atoms with van der Waals surface area (Å²) in [5.74, 6) is 0.163. The van der Waals surface area contributed by atoms with Crippen LogP contribution < -0.4 is 5.32 Å². The van der Waals surface area contributed by atoms with Gasteiger partial charge in [-0.1, -0.05) is 6.92 Å². The maximum atomic E-state index is 13.0. The largest absolute Gasteiger partial charge is 0.349 e. The van der Waals surface area contributed by atoms with Gasteiger partial charge in [-0.3, -0.25) is 9.59 Å². The lowest BCUT2D eigenvalue weighted by atomic mass is 10.1. The Balaban J connectivity index is 1.62. The van der Waals surface area contributed by atoms with Crippen LogP contribution in [-0.2, 0) is 17.8 Å². The van der Waals surface area contributed by atoms with Crippen molar-refractivity contribution < 1.29 is 14.0 Å². The number of rotatable bonds is 5. The van der Waals surface area contributed by atoms with E-state index in [4.69, 9.17) is 0 Å². The van der Waals surface area contributed by atoms with Crippen molar-refractivity contribution in [3.05, 3.63) is 51.7 Å². The predicted octanol–water partition coefficient (Wildman–Crippen LogP) is 2.68. The van der Waals surface area contributed by atoms with Gasteiger partial charge in [0, 0.05) is 16.7 Å². The van der Waals surface area contributed by atoms with Gasteiger partial charge in [0.25, 0.3) is 5.91 Å². The molecule has 1 saturated heterocycles. The Labute approximate surface area is 153 Å². The quantitative estimate of drug-likeness (QED) is 0.868. The van der Waals surface area contributed by atoms with Gasteiger partial charge in [-0.15, -0.1) is 23.1 Å². The van der Waals surface area contributed by atoms with Crippen LogP contribution in [0, 0.1) is 5.82 Å². The van der Waals surface area contributed by atoms with Crippen LogP contribution in [0.15, 0.2) is 29.6 Å². The van der Waals surface area contributed by atoms with Crippen molar-refractivity contribution in [3.63, 3.8) is 0 Å². The molecule has 0 bridgehead atoms. The summed E-state index contributed by atoms with van der Waals surface area (Å²) < 4.78 is 13.0. The SMILES string of the molecule is CCc1nc(CNC(=O)[C@@H]2CSCN2C(=O)c2ccc(F)cc2)cs1. The summed E-state index contributed by atoms with van der Waals surface area (Å²) in [6, 6.07) is 4.86. The maximum absolute atomic E-state index is 13.0. The molecule has 2 heterocycles. The van der Waals surface area contributed by atoms with E-state index >= 15 is 0 Å². The first-order valence-corrected chi connectivity index (χ1v) is 9.97. The molecule has 0 spiro atoms. The van der Waals surface area contributed by atoms with Crippen molar-refractivity contribution >= 4 is 34.9 Å². The van der Waals surface area contributed by atoms with E-state index in [2.05, 4.69) is 10.3 Å². The molecule has 3 rings (SSSR count). The number of nitrogens with one attached hydrogen (secondary N) is 1. The second-order valence-corrected chi connectivity index (χ2v) is 7.54. The number of carbonyl (C=O) groups is 2. The van der Waals surface area contributed by atoms with Gasteiger partial charge in [0.1, 0.15) is 11.9 Å². The highest BCUT2D eigenvalue weighted by molar-refractivity contribution is 7.99. The molecule has 0 aliphatic carbocycles. The Kier molecular flexibility index (Phi) is 5.70. The average Bonchev–Trinajstić information content (AvgIpc) is 3.29. The van der Waals surface area contributed by atoms with Crippen LogP contribution in [0.5, 0.6) is 0 Å². The molecular weight excluding hydrogens is 361 g/mol. The predicted molar refractivity (Wildman–Crippen MR) is 97.0 cm³/mol. The lowest BCUT2D eigenvalue weighted by molar-refractivity contribution is -0.124. The first-order valence-electron chi connectivity index (χ1n) is 7.93. The maximum Gasteiger partial charge on any atom is 0.255 e. The lowest BCUT2D eigenvalue weighted by Gasteiger charge is -2.23. The monoisotopic (exact) mass is 379 g/mol. The number of aryl methyl sites for hydroxylation is 1. The first kappa shape index (κ1) is 17.9. The number of hydrogen-bond donors (Lipinski definition) is 1. The fourth-order valence-electron chi connectivity index (χ4n) is 2.51. The van der Waals surface area contributed by atoms with E-state index < -0.39 is 11.9 Å². The van der Waals surface area contributed by atoms with Crippen molar-refractivity contribution in [2.24, 2.45) is 0 Å². The van der Waals surface area contributed by atoms with Crippen LogP contribution in [0.1, 0.15) is 28.0 Å². The molecular formula is C17H18FN3O2S2. The summed E-state index contributed by atoms with van der Waals surface area (Å²) in [7, 11) is 0. The number of aromatic nitrogens is 1. The number of hydrogen-bond acceptors (Lipinski definition) is 5. The molecule has 0 unspecified atom stereocenters. The molecule has 1 aliphatic heterocycles. The van der Waals surface area contributed by atoms with Crippen LogP contribution in [0.3, 0.4) is 0 Å². The van der Waals surface area contributed by atoms with Crippen LogP contribution in [0.2, 0.25) is 0 Å². The number of halogens is 1. The van der Waals surface area contributed by atoms with Gasteiger partial charge < -0.3 is 10.2 Å². The molecule has 132 valence electrons. The zero-order valence-corrected chi connectivity index (χ0v) is 15.3. The molecule has 0 saturated carbocycles. The third kappa shape index (κ3) is 4.19. The van der Waals surface area contributed by atoms with Crippen molar-refractivity contribution in [2.75, 3.05) is 11.6 Å². The van der Waals surface area contributed by atoms with Crippen molar-refractivity contribution in [2.45, 2.75) is 25.9 Å². The molecule has 5 nitrogen and oxygen atoms in total.